The number of benzene rings is 2. The number of carbonyl (C=O) groups excluding carboxylic acids is 1. The molecule has 0 aromatic heterocycles. The van der Waals surface area contributed by atoms with Crippen LogP contribution in [0.25, 0.3) is 0 Å². The van der Waals surface area contributed by atoms with Crippen molar-refractivity contribution < 1.29 is 4.79 Å². The predicted molar refractivity (Wildman–Crippen MR) is 92.2 cm³/mol. The Labute approximate surface area is 136 Å². The summed E-state index contributed by atoms with van der Waals surface area (Å²) in [7, 11) is 0. The molecule has 0 spiro atoms. The van der Waals surface area contributed by atoms with Gasteiger partial charge in [-0.1, -0.05) is 54.9 Å². The Morgan fingerprint density at radius 2 is 1.73 bits per heavy atom. The molecule has 3 nitrogen and oxygen atoms in total. The van der Waals surface area contributed by atoms with Gasteiger partial charge >= 0.3 is 0 Å². The van der Waals surface area contributed by atoms with E-state index in [1.54, 1.807) is 0 Å². The van der Waals surface area contributed by atoms with E-state index in [0.717, 1.165) is 28.3 Å². The van der Waals surface area contributed by atoms with Crippen LogP contribution in [0.15, 0.2) is 48.5 Å². The number of anilines is 1. The second-order valence-corrected chi connectivity index (χ2v) is 5.48. The van der Waals surface area contributed by atoms with Gasteiger partial charge in [0.05, 0.1) is 0 Å². The van der Waals surface area contributed by atoms with E-state index in [1.165, 1.54) is 0 Å². The van der Waals surface area contributed by atoms with Gasteiger partial charge in [-0.15, -0.1) is 0 Å². The average Bonchev–Trinajstić information content (AvgIpc) is 2.53. The van der Waals surface area contributed by atoms with Gasteiger partial charge in [0.25, 0.3) is 0 Å². The van der Waals surface area contributed by atoms with E-state index in [4.69, 9.17) is 11.6 Å². The zero-order valence-corrected chi connectivity index (χ0v) is 13.5. The Kier molecular flexibility index (Phi) is 6.44. The number of carbonyl (C=O) groups is 1. The van der Waals surface area contributed by atoms with E-state index >= 15 is 0 Å². The lowest BCUT2D eigenvalue weighted by atomic mass is 10.1. The number of amides is 1. The molecule has 1 amide bonds. The van der Waals surface area contributed by atoms with Crippen molar-refractivity contribution >= 4 is 23.2 Å². The van der Waals surface area contributed by atoms with Crippen LogP contribution >= 0.6 is 11.6 Å². The topological polar surface area (TPSA) is 41.1 Å². The highest BCUT2D eigenvalue weighted by atomic mass is 35.5. The summed E-state index contributed by atoms with van der Waals surface area (Å²) in [5.41, 5.74) is 3.10. The summed E-state index contributed by atoms with van der Waals surface area (Å²) in [6, 6.07) is 15.6. The van der Waals surface area contributed by atoms with Gasteiger partial charge in [0, 0.05) is 30.2 Å². The number of nitrogens with one attached hydrogen (secondary N) is 2. The number of para-hydroxylation sites is 1. The number of halogens is 1. The summed E-state index contributed by atoms with van der Waals surface area (Å²) in [5.74, 6) is 0.0209. The maximum atomic E-state index is 12.0. The van der Waals surface area contributed by atoms with E-state index in [1.807, 2.05) is 48.5 Å². The molecule has 0 aliphatic heterocycles. The first-order valence-electron chi connectivity index (χ1n) is 7.52. The van der Waals surface area contributed by atoms with Gasteiger partial charge in [-0.2, -0.15) is 0 Å². The molecule has 2 rings (SSSR count). The fourth-order valence-corrected chi connectivity index (χ4v) is 2.43. The summed E-state index contributed by atoms with van der Waals surface area (Å²) >= 11 is 6.09. The van der Waals surface area contributed by atoms with Gasteiger partial charge < -0.3 is 10.6 Å². The largest absolute Gasteiger partial charge is 0.326 e. The molecule has 2 aromatic carbocycles. The molecule has 0 radical (unpaired) electrons. The highest BCUT2D eigenvalue weighted by Crippen LogP contribution is 2.16. The number of hydrogen-bond donors (Lipinski definition) is 2. The minimum absolute atomic E-state index is 0.0209. The minimum Gasteiger partial charge on any atom is -0.326 e. The van der Waals surface area contributed by atoms with Crippen molar-refractivity contribution in [3.8, 4) is 0 Å². The van der Waals surface area contributed by atoms with Crippen molar-refractivity contribution in [1.82, 2.24) is 5.32 Å². The van der Waals surface area contributed by atoms with Crippen molar-refractivity contribution in [2.45, 2.75) is 26.3 Å². The van der Waals surface area contributed by atoms with Crippen LogP contribution in [-0.2, 0) is 17.8 Å². The molecule has 2 N–H and O–H groups in total. The Morgan fingerprint density at radius 1 is 1.05 bits per heavy atom. The highest BCUT2D eigenvalue weighted by Gasteiger charge is 2.05. The zero-order valence-electron chi connectivity index (χ0n) is 12.7. The van der Waals surface area contributed by atoms with Crippen molar-refractivity contribution in [2.75, 3.05) is 11.9 Å². The first-order valence-corrected chi connectivity index (χ1v) is 7.90. The standard InChI is InChI=1S/C18H21ClN2O/c1-2-14-7-4-6-10-17(14)21-18(22)11-12-20-13-15-8-3-5-9-16(15)19/h3-10,20H,2,11-13H2,1H3,(H,21,22). The minimum atomic E-state index is 0.0209. The smallest absolute Gasteiger partial charge is 0.225 e. The van der Waals surface area contributed by atoms with Crippen LogP contribution in [0.1, 0.15) is 24.5 Å². The van der Waals surface area contributed by atoms with Gasteiger partial charge in [-0.3, -0.25) is 4.79 Å². The molecule has 0 aliphatic carbocycles. The molecule has 0 unspecified atom stereocenters. The Balaban J connectivity index is 1.75. The predicted octanol–water partition coefficient (Wildman–Crippen LogP) is 4.02. The fourth-order valence-electron chi connectivity index (χ4n) is 2.23. The normalized spacial score (nSPS) is 10.5. The van der Waals surface area contributed by atoms with Gasteiger partial charge in [-0.25, -0.2) is 0 Å². The average molecular weight is 317 g/mol. The van der Waals surface area contributed by atoms with E-state index in [2.05, 4.69) is 17.6 Å². The molecule has 0 heterocycles. The summed E-state index contributed by atoms with van der Waals surface area (Å²) in [4.78, 5) is 12.0. The zero-order chi connectivity index (χ0) is 15.8. The van der Waals surface area contributed by atoms with Crippen LogP contribution < -0.4 is 10.6 Å². The molecule has 0 saturated heterocycles. The highest BCUT2D eigenvalue weighted by molar-refractivity contribution is 6.31. The van der Waals surface area contributed by atoms with Crippen LogP contribution in [0.5, 0.6) is 0 Å². The Hall–Kier alpha value is -1.84. The van der Waals surface area contributed by atoms with Gasteiger partial charge in [-0.05, 0) is 29.7 Å². The molecule has 116 valence electrons. The third kappa shape index (κ3) is 4.86. The monoisotopic (exact) mass is 316 g/mol. The maximum Gasteiger partial charge on any atom is 0.225 e. The molecule has 0 atom stereocenters. The van der Waals surface area contributed by atoms with Crippen LogP contribution in [0.4, 0.5) is 5.69 Å². The van der Waals surface area contributed by atoms with Gasteiger partial charge in [0.15, 0.2) is 0 Å². The third-order valence-electron chi connectivity index (χ3n) is 3.47. The van der Waals surface area contributed by atoms with Crippen LogP contribution in [-0.4, -0.2) is 12.5 Å². The molecule has 0 bridgehead atoms. The number of rotatable bonds is 7. The van der Waals surface area contributed by atoms with E-state index in [-0.39, 0.29) is 5.91 Å². The molecule has 0 aliphatic rings. The summed E-state index contributed by atoms with van der Waals surface area (Å²) in [5, 5.41) is 6.96. The number of aryl methyl sites for hydroxylation is 1. The van der Waals surface area contributed by atoms with E-state index < -0.39 is 0 Å². The molecule has 4 heteroatoms. The van der Waals surface area contributed by atoms with Gasteiger partial charge in [0.2, 0.25) is 5.91 Å². The van der Waals surface area contributed by atoms with Crippen LogP contribution in [0, 0.1) is 0 Å². The SMILES string of the molecule is CCc1ccccc1NC(=O)CCNCc1ccccc1Cl. The van der Waals surface area contributed by atoms with Crippen molar-refractivity contribution in [3.05, 3.63) is 64.7 Å². The molecule has 0 fully saturated rings. The van der Waals surface area contributed by atoms with Gasteiger partial charge in [0.1, 0.15) is 0 Å². The molecule has 2 aromatic rings. The first-order chi connectivity index (χ1) is 10.7. The number of hydrogen-bond acceptors (Lipinski definition) is 2. The summed E-state index contributed by atoms with van der Waals surface area (Å²) < 4.78 is 0. The Bertz CT molecular complexity index is 628. The second-order valence-electron chi connectivity index (χ2n) is 5.08. The second kappa shape index (κ2) is 8.57. The molecule has 22 heavy (non-hydrogen) atoms. The lowest BCUT2D eigenvalue weighted by molar-refractivity contribution is -0.116. The van der Waals surface area contributed by atoms with E-state index in [9.17, 15) is 4.79 Å². The Morgan fingerprint density at radius 3 is 2.45 bits per heavy atom. The fraction of sp³-hybridized carbons (Fsp3) is 0.278. The lowest BCUT2D eigenvalue weighted by Crippen LogP contribution is -2.22. The quantitative estimate of drug-likeness (QED) is 0.757. The third-order valence-corrected chi connectivity index (χ3v) is 3.84. The van der Waals surface area contributed by atoms with E-state index in [0.29, 0.717) is 19.5 Å². The summed E-state index contributed by atoms with van der Waals surface area (Å²) in [6.07, 6.45) is 1.34. The van der Waals surface area contributed by atoms with Crippen LogP contribution in [0.2, 0.25) is 5.02 Å². The molecule has 0 saturated carbocycles. The van der Waals surface area contributed by atoms with Crippen molar-refractivity contribution in [1.29, 1.82) is 0 Å². The van der Waals surface area contributed by atoms with Crippen molar-refractivity contribution in [3.63, 3.8) is 0 Å². The first kappa shape index (κ1) is 16.5. The van der Waals surface area contributed by atoms with Crippen LogP contribution in [0.3, 0.4) is 0 Å². The summed E-state index contributed by atoms with van der Waals surface area (Å²) in [6.45, 7) is 3.36. The van der Waals surface area contributed by atoms with Crippen molar-refractivity contribution in [2.24, 2.45) is 0 Å². The molecular weight excluding hydrogens is 296 g/mol. The lowest BCUT2D eigenvalue weighted by Gasteiger charge is -2.10. The maximum absolute atomic E-state index is 12.0. The molecular formula is C18H21ClN2O.